The van der Waals surface area contributed by atoms with Crippen molar-refractivity contribution in [1.82, 2.24) is 15.5 Å². The highest BCUT2D eigenvalue weighted by molar-refractivity contribution is 5.97. The summed E-state index contributed by atoms with van der Waals surface area (Å²) in [6.07, 6.45) is 2.52. The molecule has 40 heavy (non-hydrogen) atoms. The molecule has 3 aromatic carbocycles. The van der Waals surface area contributed by atoms with Gasteiger partial charge < -0.3 is 20.3 Å². The minimum atomic E-state index is -0.833. The van der Waals surface area contributed by atoms with Gasteiger partial charge in [0.2, 0.25) is 11.8 Å². The summed E-state index contributed by atoms with van der Waals surface area (Å²) in [4.78, 5) is 42.4. The van der Waals surface area contributed by atoms with E-state index in [2.05, 4.69) is 10.6 Å². The number of likely N-dealkylation sites (tertiary alicyclic amines) is 1. The van der Waals surface area contributed by atoms with Crippen molar-refractivity contribution >= 4 is 17.7 Å². The van der Waals surface area contributed by atoms with Crippen LogP contribution in [0.1, 0.15) is 65.6 Å². The van der Waals surface area contributed by atoms with Crippen molar-refractivity contribution in [3.8, 4) is 5.75 Å². The fourth-order valence-electron chi connectivity index (χ4n) is 6.36. The number of piperidine rings is 1. The predicted octanol–water partition coefficient (Wildman–Crippen LogP) is 4.42. The smallest absolute Gasteiger partial charge is 0.255 e. The molecule has 2 N–H and O–H groups in total. The van der Waals surface area contributed by atoms with Crippen LogP contribution in [-0.4, -0.2) is 55.4 Å². The Labute approximate surface area is 235 Å². The molecule has 2 atom stereocenters. The number of hydrogen-bond donors (Lipinski definition) is 2. The molecule has 7 nitrogen and oxygen atoms in total. The van der Waals surface area contributed by atoms with Gasteiger partial charge in [0.25, 0.3) is 5.91 Å². The fourth-order valence-corrected chi connectivity index (χ4v) is 6.36. The lowest BCUT2D eigenvalue weighted by Crippen LogP contribution is -2.51. The average Bonchev–Trinajstić information content (AvgIpc) is 3.01. The zero-order chi connectivity index (χ0) is 28.1. The van der Waals surface area contributed by atoms with Gasteiger partial charge in [-0.2, -0.15) is 0 Å². The number of carbonyl (C=O) groups excluding carboxylic acids is 3. The van der Waals surface area contributed by atoms with Crippen molar-refractivity contribution in [2.45, 2.75) is 50.0 Å². The fraction of sp³-hybridized carbons (Fsp3) is 0.364. The summed E-state index contributed by atoms with van der Waals surface area (Å²) in [7, 11) is 1.56. The average molecular weight is 540 g/mol. The van der Waals surface area contributed by atoms with E-state index in [4.69, 9.17) is 4.74 Å². The van der Waals surface area contributed by atoms with Crippen LogP contribution < -0.4 is 15.4 Å². The maximum absolute atomic E-state index is 13.9. The topological polar surface area (TPSA) is 87.7 Å². The number of likely N-dealkylation sites (N-methyl/N-ethyl adjacent to an activating group) is 1. The van der Waals surface area contributed by atoms with E-state index in [0.29, 0.717) is 56.6 Å². The monoisotopic (exact) mass is 539 g/mol. The van der Waals surface area contributed by atoms with Crippen molar-refractivity contribution in [2.75, 3.05) is 26.7 Å². The molecular weight excluding hydrogens is 502 g/mol. The summed E-state index contributed by atoms with van der Waals surface area (Å²) in [5.74, 6) is 0.154. The molecule has 0 bridgehead atoms. The first-order valence-electron chi connectivity index (χ1n) is 14.2. The minimum absolute atomic E-state index is 0.0106. The zero-order valence-corrected chi connectivity index (χ0v) is 23.2. The Morgan fingerprint density at radius 2 is 1.57 bits per heavy atom. The van der Waals surface area contributed by atoms with Crippen LogP contribution in [0.5, 0.6) is 5.75 Å². The SMILES string of the molecule is CCNC(=O)C1(c2ccccc2)CC[C@@H](C(=O)N2CCC(NC(=O)c3ccccc3OC)CC2)c2ccccc21. The standard InChI is InChI=1S/C33H37N3O4/c1-3-34-32(39)33(23-11-5-4-6-12-23)20-17-26(25-13-7-9-15-28(25)33)31(38)36-21-18-24(19-22-36)35-30(37)27-14-8-10-16-29(27)40-2/h4-16,24,26H,3,17-22H2,1-2H3,(H,34,39)(H,35,37)/t26-,33?/m1/s1. The van der Waals surface area contributed by atoms with Gasteiger partial charge in [0, 0.05) is 25.7 Å². The minimum Gasteiger partial charge on any atom is -0.496 e. The molecule has 1 aliphatic carbocycles. The number of rotatable bonds is 7. The van der Waals surface area contributed by atoms with Crippen LogP contribution in [0.25, 0.3) is 0 Å². The summed E-state index contributed by atoms with van der Waals surface area (Å²) >= 11 is 0. The molecule has 2 aliphatic rings. The number of para-hydroxylation sites is 1. The molecule has 1 saturated heterocycles. The van der Waals surface area contributed by atoms with E-state index in [9.17, 15) is 14.4 Å². The number of amides is 3. The number of hydrogen-bond acceptors (Lipinski definition) is 4. The van der Waals surface area contributed by atoms with Crippen LogP contribution in [-0.2, 0) is 15.0 Å². The van der Waals surface area contributed by atoms with Gasteiger partial charge >= 0.3 is 0 Å². The van der Waals surface area contributed by atoms with Crippen molar-refractivity contribution in [1.29, 1.82) is 0 Å². The third kappa shape index (κ3) is 5.08. The number of nitrogens with zero attached hydrogens (tertiary/aromatic N) is 1. The van der Waals surface area contributed by atoms with Gasteiger partial charge in [-0.1, -0.05) is 66.7 Å². The van der Waals surface area contributed by atoms with Crippen LogP contribution >= 0.6 is 0 Å². The molecule has 0 spiro atoms. The van der Waals surface area contributed by atoms with E-state index in [1.165, 1.54) is 0 Å². The van der Waals surface area contributed by atoms with Gasteiger partial charge in [-0.15, -0.1) is 0 Å². The Bertz CT molecular complexity index is 1370. The summed E-state index contributed by atoms with van der Waals surface area (Å²) in [6, 6.07) is 25.0. The second-order valence-electron chi connectivity index (χ2n) is 10.6. The highest BCUT2D eigenvalue weighted by atomic mass is 16.5. The van der Waals surface area contributed by atoms with Gasteiger partial charge in [-0.25, -0.2) is 0 Å². The first-order chi connectivity index (χ1) is 19.5. The first kappa shape index (κ1) is 27.4. The maximum Gasteiger partial charge on any atom is 0.255 e. The van der Waals surface area contributed by atoms with Crippen LogP contribution in [0.4, 0.5) is 0 Å². The molecule has 7 heteroatoms. The molecule has 1 fully saturated rings. The lowest BCUT2D eigenvalue weighted by atomic mass is 9.62. The number of ether oxygens (including phenoxy) is 1. The number of fused-ring (bicyclic) bond motifs is 1. The van der Waals surface area contributed by atoms with Crippen molar-refractivity contribution < 1.29 is 19.1 Å². The number of carbonyl (C=O) groups is 3. The number of nitrogens with one attached hydrogen (secondary N) is 2. The van der Waals surface area contributed by atoms with Crippen LogP contribution in [0.3, 0.4) is 0 Å². The van der Waals surface area contributed by atoms with E-state index >= 15 is 0 Å². The zero-order valence-electron chi connectivity index (χ0n) is 23.2. The van der Waals surface area contributed by atoms with E-state index in [1.54, 1.807) is 19.2 Å². The summed E-state index contributed by atoms with van der Waals surface area (Å²) in [5, 5.41) is 6.18. The Hall–Kier alpha value is -4.13. The lowest BCUT2D eigenvalue weighted by molar-refractivity contribution is -0.135. The van der Waals surface area contributed by atoms with E-state index in [0.717, 1.165) is 16.7 Å². The Morgan fingerprint density at radius 3 is 2.30 bits per heavy atom. The second kappa shape index (κ2) is 11.9. The number of benzene rings is 3. The molecular formula is C33H37N3O4. The Morgan fingerprint density at radius 1 is 0.900 bits per heavy atom. The molecule has 0 saturated carbocycles. The number of methoxy groups -OCH3 is 1. The molecule has 5 rings (SSSR count). The highest BCUT2D eigenvalue weighted by Crippen LogP contribution is 2.47. The second-order valence-corrected chi connectivity index (χ2v) is 10.6. The first-order valence-corrected chi connectivity index (χ1v) is 14.2. The molecule has 3 aromatic rings. The van der Waals surface area contributed by atoms with E-state index in [1.807, 2.05) is 78.6 Å². The normalized spacial score (nSPS) is 20.8. The van der Waals surface area contributed by atoms with Crippen LogP contribution in [0.2, 0.25) is 0 Å². The van der Waals surface area contributed by atoms with Crippen molar-refractivity contribution in [2.24, 2.45) is 0 Å². The summed E-state index contributed by atoms with van der Waals surface area (Å²) in [5.41, 5.74) is 2.47. The maximum atomic E-state index is 13.9. The highest BCUT2D eigenvalue weighted by Gasteiger charge is 2.48. The molecule has 3 amide bonds. The van der Waals surface area contributed by atoms with Crippen LogP contribution in [0, 0.1) is 0 Å². The van der Waals surface area contributed by atoms with E-state index in [-0.39, 0.29) is 29.7 Å². The lowest BCUT2D eigenvalue weighted by Gasteiger charge is -2.42. The summed E-state index contributed by atoms with van der Waals surface area (Å²) in [6.45, 7) is 3.63. The molecule has 208 valence electrons. The molecule has 1 heterocycles. The molecule has 1 unspecified atom stereocenters. The van der Waals surface area contributed by atoms with Gasteiger partial charge in [-0.3, -0.25) is 14.4 Å². The van der Waals surface area contributed by atoms with Crippen molar-refractivity contribution in [3.05, 3.63) is 101 Å². The Balaban J connectivity index is 1.32. The van der Waals surface area contributed by atoms with Gasteiger partial charge in [0.15, 0.2) is 0 Å². The van der Waals surface area contributed by atoms with E-state index < -0.39 is 5.41 Å². The summed E-state index contributed by atoms with van der Waals surface area (Å²) < 4.78 is 5.33. The third-order valence-electron chi connectivity index (χ3n) is 8.39. The molecule has 0 radical (unpaired) electrons. The molecule has 1 aliphatic heterocycles. The van der Waals surface area contributed by atoms with Crippen LogP contribution in [0.15, 0.2) is 78.9 Å². The van der Waals surface area contributed by atoms with Crippen molar-refractivity contribution in [3.63, 3.8) is 0 Å². The van der Waals surface area contributed by atoms with Gasteiger partial charge in [0.1, 0.15) is 5.75 Å². The third-order valence-corrected chi connectivity index (χ3v) is 8.39. The predicted molar refractivity (Wildman–Crippen MR) is 154 cm³/mol. The largest absolute Gasteiger partial charge is 0.496 e. The molecule has 0 aromatic heterocycles. The Kier molecular flexibility index (Phi) is 8.19. The quantitative estimate of drug-likeness (QED) is 0.466. The van der Waals surface area contributed by atoms with Gasteiger partial charge in [-0.05, 0) is 61.4 Å². The van der Waals surface area contributed by atoms with Gasteiger partial charge in [0.05, 0.1) is 24.0 Å².